The van der Waals surface area contributed by atoms with Crippen molar-refractivity contribution in [1.29, 1.82) is 0 Å². The van der Waals surface area contributed by atoms with Crippen LogP contribution in [0, 0.1) is 0 Å². The summed E-state index contributed by atoms with van der Waals surface area (Å²) in [5.74, 6) is 0.0190. The first-order valence-corrected chi connectivity index (χ1v) is 7.27. The zero-order valence-electron chi connectivity index (χ0n) is 11.8. The Hall–Kier alpha value is -1.46. The van der Waals surface area contributed by atoms with Gasteiger partial charge in [0.25, 0.3) is 0 Å². The summed E-state index contributed by atoms with van der Waals surface area (Å²) in [4.78, 5) is 15.6. The minimum Gasteiger partial charge on any atom is -0.376 e. The van der Waals surface area contributed by atoms with Crippen LogP contribution in [0.15, 0.2) is 24.5 Å². The van der Waals surface area contributed by atoms with Crippen LogP contribution in [0.2, 0.25) is 0 Å². The number of ether oxygens (including phenoxy) is 1. The van der Waals surface area contributed by atoms with Crippen LogP contribution in [0.4, 0.5) is 0 Å². The Morgan fingerprint density at radius 2 is 2.00 bits per heavy atom. The molecule has 1 fully saturated rings. The molecular formula is C15H23N3O2. The van der Waals surface area contributed by atoms with Crippen LogP contribution in [0.3, 0.4) is 0 Å². The molecule has 1 aromatic heterocycles. The maximum atomic E-state index is 11.7. The molecule has 1 amide bonds. The molecule has 5 nitrogen and oxygen atoms in total. The van der Waals surface area contributed by atoms with Gasteiger partial charge >= 0.3 is 0 Å². The SMILES string of the molecule is NC1CCC(OCCNC(=O)Cc2ccncc2)CC1. The van der Waals surface area contributed by atoms with Crippen molar-refractivity contribution in [3.63, 3.8) is 0 Å². The smallest absolute Gasteiger partial charge is 0.224 e. The molecule has 0 saturated heterocycles. The first-order chi connectivity index (χ1) is 9.74. The van der Waals surface area contributed by atoms with Crippen LogP contribution < -0.4 is 11.1 Å². The van der Waals surface area contributed by atoms with Gasteiger partial charge in [-0.1, -0.05) is 0 Å². The number of hydrogen-bond donors (Lipinski definition) is 2. The molecule has 1 aliphatic rings. The van der Waals surface area contributed by atoms with Gasteiger partial charge in [0.05, 0.1) is 19.1 Å². The number of nitrogens with zero attached hydrogens (tertiary/aromatic N) is 1. The molecule has 0 aromatic carbocycles. The number of carbonyl (C=O) groups excluding carboxylic acids is 1. The van der Waals surface area contributed by atoms with Crippen molar-refractivity contribution in [2.45, 2.75) is 44.2 Å². The van der Waals surface area contributed by atoms with E-state index in [9.17, 15) is 4.79 Å². The highest BCUT2D eigenvalue weighted by Crippen LogP contribution is 2.19. The molecule has 0 bridgehead atoms. The predicted octanol–water partition coefficient (Wildman–Crippen LogP) is 1.03. The molecular weight excluding hydrogens is 254 g/mol. The van der Waals surface area contributed by atoms with E-state index in [0.717, 1.165) is 31.2 Å². The summed E-state index contributed by atoms with van der Waals surface area (Å²) < 4.78 is 5.75. The largest absolute Gasteiger partial charge is 0.376 e. The molecule has 1 aliphatic carbocycles. The van der Waals surface area contributed by atoms with Crippen molar-refractivity contribution in [2.24, 2.45) is 5.73 Å². The van der Waals surface area contributed by atoms with Crippen LogP contribution in [0.1, 0.15) is 31.2 Å². The number of pyridine rings is 1. The Morgan fingerprint density at radius 1 is 1.30 bits per heavy atom. The number of aromatic nitrogens is 1. The summed E-state index contributed by atoms with van der Waals surface area (Å²) in [5.41, 5.74) is 6.82. The van der Waals surface area contributed by atoms with Gasteiger partial charge < -0.3 is 15.8 Å². The fraction of sp³-hybridized carbons (Fsp3) is 0.600. The molecule has 110 valence electrons. The van der Waals surface area contributed by atoms with Gasteiger partial charge in [0, 0.05) is 25.0 Å². The summed E-state index contributed by atoms with van der Waals surface area (Å²) in [6.45, 7) is 1.13. The molecule has 0 atom stereocenters. The second-order valence-electron chi connectivity index (χ2n) is 5.29. The highest BCUT2D eigenvalue weighted by Gasteiger charge is 2.18. The maximum absolute atomic E-state index is 11.7. The van der Waals surface area contributed by atoms with Gasteiger partial charge in [-0.25, -0.2) is 0 Å². The third-order valence-corrected chi connectivity index (χ3v) is 3.61. The van der Waals surface area contributed by atoms with Gasteiger partial charge in [0.15, 0.2) is 0 Å². The monoisotopic (exact) mass is 277 g/mol. The average molecular weight is 277 g/mol. The lowest BCUT2D eigenvalue weighted by Gasteiger charge is -2.26. The third kappa shape index (κ3) is 5.27. The summed E-state index contributed by atoms with van der Waals surface area (Å²) in [6, 6.07) is 4.04. The standard InChI is InChI=1S/C15H23N3O2/c16-13-1-3-14(4-2-13)20-10-9-18-15(19)11-12-5-7-17-8-6-12/h5-8,13-14H,1-4,9-11,16H2,(H,18,19). The number of amides is 1. The van der Waals surface area contributed by atoms with Gasteiger partial charge in [0.2, 0.25) is 5.91 Å². The maximum Gasteiger partial charge on any atom is 0.224 e. The second-order valence-corrected chi connectivity index (χ2v) is 5.29. The van der Waals surface area contributed by atoms with Gasteiger partial charge in [-0.3, -0.25) is 9.78 Å². The molecule has 0 unspecified atom stereocenters. The topological polar surface area (TPSA) is 77.2 Å². The van der Waals surface area contributed by atoms with Crippen LogP contribution in [0.5, 0.6) is 0 Å². The third-order valence-electron chi connectivity index (χ3n) is 3.61. The highest BCUT2D eigenvalue weighted by atomic mass is 16.5. The number of hydrogen-bond acceptors (Lipinski definition) is 4. The Kier molecular flexibility index (Phi) is 5.95. The van der Waals surface area contributed by atoms with E-state index in [0.29, 0.717) is 31.7 Å². The van der Waals surface area contributed by atoms with Crippen molar-refractivity contribution < 1.29 is 9.53 Å². The molecule has 3 N–H and O–H groups in total. The molecule has 1 aromatic rings. The van der Waals surface area contributed by atoms with Crippen LogP contribution in [-0.4, -0.2) is 36.2 Å². The molecule has 1 saturated carbocycles. The van der Waals surface area contributed by atoms with Crippen molar-refractivity contribution in [3.05, 3.63) is 30.1 Å². The Labute approximate surface area is 119 Å². The summed E-state index contributed by atoms with van der Waals surface area (Å²) in [6.07, 6.45) is 8.24. The highest BCUT2D eigenvalue weighted by molar-refractivity contribution is 5.78. The van der Waals surface area contributed by atoms with Gasteiger partial charge in [-0.15, -0.1) is 0 Å². The first kappa shape index (κ1) is 14.9. The molecule has 0 aliphatic heterocycles. The Balaban J connectivity index is 1.56. The molecule has 1 heterocycles. The van der Waals surface area contributed by atoms with Gasteiger partial charge in [0.1, 0.15) is 0 Å². The molecule has 5 heteroatoms. The predicted molar refractivity (Wildman–Crippen MR) is 77.1 cm³/mol. The van der Waals surface area contributed by atoms with Crippen LogP contribution in [-0.2, 0) is 16.0 Å². The zero-order chi connectivity index (χ0) is 14.2. The zero-order valence-corrected chi connectivity index (χ0v) is 11.8. The quantitative estimate of drug-likeness (QED) is 0.761. The van der Waals surface area contributed by atoms with E-state index in [-0.39, 0.29) is 5.91 Å². The van der Waals surface area contributed by atoms with Crippen molar-refractivity contribution in [2.75, 3.05) is 13.2 Å². The van der Waals surface area contributed by atoms with E-state index in [4.69, 9.17) is 10.5 Å². The normalized spacial score (nSPS) is 22.4. The minimum atomic E-state index is 0.0190. The lowest BCUT2D eigenvalue weighted by atomic mass is 9.94. The van der Waals surface area contributed by atoms with E-state index in [2.05, 4.69) is 10.3 Å². The molecule has 0 spiro atoms. The lowest BCUT2D eigenvalue weighted by Crippen LogP contribution is -2.33. The van der Waals surface area contributed by atoms with Crippen molar-refractivity contribution >= 4 is 5.91 Å². The van der Waals surface area contributed by atoms with Crippen LogP contribution in [0.25, 0.3) is 0 Å². The number of carbonyl (C=O) groups is 1. The van der Waals surface area contributed by atoms with Crippen molar-refractivity contribution in [3.8, 4) is 0 Å². The van der Waals surface area contributed by atoms with Gasteiger partial charge in [-0.2, -0.15) is 0 Å². The summed E-state index contributed by atoms with van der Waals surface area (Å²) in [7, 11) is 0. The Morgan fingerprint density at radius 3 is 2.70 bits per heavy atom. The van der Waals surface area contributed by atoms with E-state index in [1.807, 2.05) is 12.1 Å². The minimum absolute atomic E-state index is 0.0190. The fourth-order valence-electron chi connectivity index (χ4n) is 2.42. The molecule has 2 rings (SSSR count). The van der Waals surface area contributed by atoms with E-state index in [1.165, 1.54) is 0 Å². The van der Waals surface area contributed by atoms with E-state index >= 15 is 0 Å². The summed E-state index contributed by atoms with van der Waals surface area (Å²) in [5, 5.41) is 2.87. The molecule has 0 radical (unpaired) electrons. The summed E-state index contributed by atoms with van der Waals surface area (Å²) >= 11 is 0. The van der Waals surface area contributed by atoms with Crippen molar-refractivity contribution in [1.82, 2.24) is 10.3 Å². The number of nitrogens with two attached hydrogens (primary N) is 1. The lowest BCUT2D eigenvalue weighted by molar-refractivity contribution is -0.120. The Bertz CT molecular complexity index is 403. The van der Waals surface area contributed by atoms with Crippen LogP contribution >= 0.6 is 0 Å². The van der Waals surface area contributed by atoms with Gasteiger partial charge in [-0.05, 0) is 43.4 Å². The average Bonchev–Trinajstić information content (AvgIpc) is 2.46. The number of rotatable bonds is 6. The molecule has 20 heavy (non-hydrogen) atoms. The number of nitrogens with one attached hydrogen (secondary N) is 1. The van der Waals surface area contributed by atoms with E-state index < -0.39 is 0 Å². The first-order valence-electron chi connectivity index (χ1n) is 7.27. The fourth-order valence-corrected chi connectivity index (χ4v) is 2.42. The second kappa shape index (κ2) is 7.97. The van der Waals surface area contributed by atoms with E-state index in [1.54, 1.807) is 12.4 Å².